The standard InChI is InChI=1S/C14H11BrN4O2/c15-10-5-1-2-6-11(10)16-13(20)9-21-14-18-17-12-7-3-4-8-19(12)14/h1-8H,9H2,(H,16,20). The van der Waals surface area contributed by atoms with Crippen molar-refractivity contribution in [2.45, 2.75) is 0 Å². The summed E-state index contributed by atoms with van der Waals surface area (Å²) >= 11 is 3.37. The number of amides is 1. The van der Waals surface area contributed by atoms with E-state index in [-0.39, 0.29) is 18.5 Å². The van der Waals surface area contributed by atoms with E-state index in [1.54, 1.807) is 22.7 Å². The number of fused-ring (bicyclic) bond motifs is 1. The Balaban J connectivity index is 1.65. The first kappa shape index (κ1) is 13.6. The van der Waals surface area contributed by atoms with Crippen molar-refractivity contribution in [2.24, 2.45) is 0 Å². The van der Waals surface area contributed by atoms with Gasteiger partial charge in [-0.05, 0) is 40.2 Å². The van der Waals surface area contributed by atoms with Crippen LogP contribution in [0.4, 0.5) is 5.69 Å². The van der Waals surface area contributed by atoms with E-state index in [9.17, 15) is 4.79 Å². The van der Waals surface area contributed by atoms with Gasteiger partial charge in [0.2, 0.25) is 0 Å². The minimum Gasteiger partial charge on any atom is -0.453 e. The average Bonchev–Trinajstić information content (AvgIpc) is 2.91. The van der Waals surface area contributed by atoms with Crippen molar-refractivity contribution in [3.63, 3.8) is 0 Å². The molecule has 0 saturated heterocycles. The molecule has 0 aliphatic heterocycles. The Hall–Kier alpha value is -2.41. The highest BCUT2D eigenvalue weighted by Gasteiger charge is 2.09. The number of aromatic nitrogens is 3. The van der Waals surface area contributed by atoms with Crippen LogP contribution in [0.2, 0.25) is 0 Å². The minimum absolute atomic E-state index is 0.142. The van der Waals surface area contributed by atoms with Crippen LogP contribution in [-0.4, -0.2) is 27.1 Å². The van der Waals surface area contributed by atoms with Crippen LogP contribution in [0, 0.1) is 0 Å². The van der Waals surface area contributed by atoms with E-state index in [1.807, 2.05) is 30.3 Å². The van der Waals surface area contributed by atoms with Crippen molar-refractivity contribution in [3.8, 4) is 6.01 Å². The van der Waals surface area contributed by atoms with Crippen molar-refractivity contribution in [1.82, 2.24) is 14.6 Å². The molecule has 3 aromatic rings. The van der Waals surface area contributed by atoms with E-state index in [1.165, 1.54) is 0 Å². The summed E-state index contributed by atoms with van der Waals surface area (Å²) in [5, 5.41) is 10.6. The van der Waals surface area contributed by atoms with Crippen LogP contribution in [0.1, 0.15) is 0 Å². The maximum Gasteiger partial charge on any atom is 0.322 e. The van der Waals surface area contributed by atoms with Crippen LogP contribution in [0.15, 0.2) is 53.1 Å². The number of nitrogens with zero attached hydrogens (tertiary/aromatic N) is 3. The summed E-state index contributed by atoms with van der Waals surface area (Å²) < 4.78 is 7.88. The molecule has 6 nitrogen and oxygen atoms in total. The number of anilines is 1. The Kier molecular flexibility index (Phi) is 3.83. The van der Waals surface area contributed by atoms with Gasteiger partial charge in [-0.15, -0.1) is 5.10 Å². The first-order chi connectivity index (χ1) is 10.2. The Morgan fingerprint density at radius 1 is 1.19 bits per heavy atom. The molecule has 0 radical (unpaired) electrons. The number of carbonyl (C=O) groups excluding carboxylic acids is 1. The number of carbonyl (C=O) groups is 1. The normalized spacial score (nSPS) is 10.5. The summed E-state index contributed by atoms with van der Waals surface area (Å²) in [6.07, 6.45) is 1.77. The third-order valence-corrected chi connectivity index (χ3v) is 3.45. The first-order valence-corrected chi connectivity index (χ1v) is 7.00. The molecule has 1 aromatic carbocycles. The molecular formula is C14H11BrN4O2. The lowest BCUT2D eigenvalue weighted by Crippen LogP contribution is -2.21. The molecule has 2 aromatic heterocycles. The topological polar surface area (TPSA) is 68.5 Å². The lowest BCUT2D eigenvalue weighted by Gasteiger charge is -2.07. The quantitative estimate of drug-likeness (QED) is 0.788. The van der Waals surface area contributed by atoms with Crippen LogP contribution in [-0.2, 0) is 4.79 Å². The number of benzene rings is 1. The SMILES string of the molecule is O=C(COc1nnc2ccccn12)Nc1ccccc1Br. The average molecular weight is 347 g/mol. The molecule has 0 bridgehead atoms. The largest absolute Gasteiger partial charge is 0.453 e. The van der Waals surface area contributed by atoms with Gasteiger partial charge in [0.15, 0.2) is 12.3 Å². The van der Waals surface area contributed by atoms with Crippen molar-refractivity contribution >= 4 is 33.2 Å². The molecule has 0 spiro atoms. The fourth-order valence-electron chi connectivity index (χ4n) is 1.80. The molecular weight excluding hydrogens is 336 g/mol. The molecule has 106 valence electrons. The Labute approximate surface area is 128 Å². The van der Waals surface area contributed by atoms with Gasteiger partial charge in [-0.2, -0.15) is 0 Å². The van der Waals surface area contributed by atoms with Crippen LogP contribution in [0.25, 0.3) is 5.65 Å². The lowest BCUT2D eigenvalue weighted by atomic mass is 10.3. The summed E-state index contributed by atoms with van der Waals surface area (Å²) in [7, 11) is 0. The van der Waals surface area contributed by atoms with Gasteiger partial charge in [0, 0.05) is 10.7 Å². The van der Waals surface area contributed by atoms with Crippen LogP contribution >= 0.6 is 15.9 Å². The molecule has 1 amide bonds. The second-order valence-corrected chi connectivity index (χ2v) is 5.08. The minimum atomic E-state index is -0.269. The van der Waals surface area contributed by atoms with Crippen molar-refractivity contribution < 1.29 is 9.53 Å². The summed E-state index contributed by atoms with van der Waals surface area (Å²) in [6, 6.07) is 13.1. The third-order valence-electron chi connectivity index (χ3n) is 2.76. The van der Waals surface area contributed by atoms with E-state index in [0.717, 1.165) is 4.47 Å². The molecule has 21 heavy (non-hydrogen) atoms. The highest BCUT2D eigenvalue weighted by Crippen LogP contribution is 2.21. The Morgan fingerprint density at radius 3 is 2.86 bits per heavy atom. The van der Waals surface area contributed by atoms with Crippen LogP contribution in [0.3, 0.4) is 0 Å². The van der Waals surface area contributed by atoms with Crippen LogP contribution in [0.5, 0.6) is 6.01 Å². The molecule has 0 saturated carbocycles. The van der Waals surface area contributed by atoms with Gasteiger partial charge < -0.3 is 10.1 Å². The second-order valence-electron chi connectivity index (χ2n) is 4.23. The first-order valence-electron chi connectivity index (χ1n) is 6.21. The Bertz CT molecular complexity index is 787. The van der Waals surface area contributed by atoms with Crippen molar-refractivity contribution in [1.29, 1.82) is 0 Å². The lowest BCUT2D eigenvalue weighted by molar-refractivity contribution is -0.118. The summed E-state index contributed by atoms with van der Waals surface area (Å²) in [5.74, 6) is -0.269. The zero-order valence-electron chi connectivity index (χ0n) is 10.9. The van der Waals surface area contributed by atoms with Gasteiger partial charge in [0.25, 0.3) is 5.91 Å². The van der Waals surface area contributed by atoms with Gasteiger partial charge in [-0.25, -0.2) is 0 Å². The maximum absolute atomic E-state index is 11.9. The second kappa shape index (κ2) is 5.92. The van der Waals surface area contributed by atoms with E-state index in [2.05, 4.69) is 31.4 Å². The van der Waals surface area contributed by atoms with Crippen molar-refractivity contribution in [3.05, 3.63) is 53.1 Å². The zero-order chi connectivity index (χ0) is 14.7. The predicted molar refractivity (Wildman–Crippen MR) is 81.3 cm³/mol. The van der Waals surface area contributed by atoms with Gasteiger partial charge in [0.05, 0.1) is 5.69 Å². The highest BCUT2D eigenvalue weighted by molar-refractivity contribution is 9.10. The van der Waals surface area contributed by atoms with E-state index in [0.29, 0.717) is 11.3 Å². The third kappa shape index (κ3) is 3.03. The summed E-state index contributed by atoms with van der Waals surface area (Å²) in [4.78, 5) is 11.9. The molecule has 2 heterocycles. The number of ether oxygens (including phenoxy) is 1. The zero-order valence-corrected chi connectivity index (χ0v) is 12.4. The van der Waals surface area contributed by atoms with E-state index < -0.39 is 0 Å². The number of hydrogen-bond acceptors (Lipinski definition) is 4. The molecule has 0 aliphatic carbocycles. The number of pyridine rings is 1. The number of para-hydroxylation sites is 1. The maximum atomic E-state index is 11.9. The molecule has 0 atom stereocenters. The Morgan fingerprint density at radius 2 is 2.00 bits per heavy atom. The number of halogens is 1. The molecule has 0 unspecified atom stereocenters. The van der Waals surface area contributed by atoms with E-state index >= 15 is 0 Å². The van der Waals surface area contributed by atoms with Crippen LogP contribution < -0.4 is 10.1 Å². The number of hydrogen-bond donors (Lipinski definition) is 1. The monoisotopic (exact) mass is 346 g/mol. The molecule has 3 rings (SSSR count). The van der Waals surface area contributed by atoms with Gasteiger partial charge >= 0.3 is 6.01 Å². The fraction of sp³-hybridized carbons (Fsp3) is 0.0714. The smallest absolute Gasteiger partial charge is 0.322 e. The van der Waals surface area contributed by atoms with E-state index in [4.69, 9.17) is 4.74 Å². The van der Waals surface area contributed by atoms with Gasteiger partial charge in [-0.3, -0.25) is 9.20 Å². The van der Waals surface area contributed by atoms with Gasteiger partial charge in [-0.1, -0.05) is 23.3 Å². The summed E-state index contributed by atoms with van der Waals surface area (Å²) in [5.41, 5.74) is 1.36. The highest BCUT2D eigenvalue weighted by atomic mass is 79.9. The number of rotatable bonds is 4. The molecule has 0 fully saturated rings. The number of nitrogens with one attached hydrogen (secondary N) is 1. The molecule has 0 aliphatic rings. The molecule has 7 heteroatoms. The summed E-state index contributed by atoms with van der Waals surface area (Å²) in [6.45, 7) is -0.142. The van der Waals surface area contributed by atoms with Crippen molar-refractivity contribution in [2.75, 3.05) is 11.9 Å². The molecule has 1 N–H and O–H groups in total. The predicted octanol–water partition coefficient (Wildman–Crippen LogP) is 2.51. The van der Waals surface area contributed by atoms with Gasteiger partial charge in [0.1, 0.15) is 0 Å². The fourth-order valence-corrected chi connectivity index (χ4v) is 2.18.